The zero-order valence-corrected chi connectivity index (χ0v) is 12.9. The van der Waals surface area contributed by atoms with Gasteiger partial charge in [-0.25, -0.2) is 0 Å². The monoisotopic (exact) mass is 263 g/mol. The first-order chi connectivity index (χ1) is 8.87. The van der Waals surface area contributed by atoms with Crippen molar-refractivity contribution >= 4 is 0 Å². The lowest BCUT2D eigenvalue weighted by Gasteiger charge is -2.36. The normalized spacial score (nSPS) is 21.8. The van der Waals surface area contributed by atoms with E-state index in [0.717, 1.165) is 12.1 Å². The topological polar surface area (TPSA) is 43.8 Å². The highest BCUT2D eigenvalue weighted by Gasteiger charge is 2.30. The summed E-state index contributed by atoms with van der Waals surface area (Å²) in [5.74, 6) is 0.678. The molecule has 3 heteroatoms. The molecule has 1 aliphatic carbocycles. The van der Waals surface area contributed by atoms with Crippen LogP contribution in [0, 0.1) is 11.3 Å². The van der Waals surface area contributed by atoms with Crippen LogP contribution in [0.25, 0.3) is 0 Å². The lowest BCUT2D eigenvalue weighted by Crippen LogP contribution is -2.36. The van der Waals surface area contributed by atoms with Crippen LogP contribution in [0.1, 0.15) is 65.1 Å². The molecule has 1 fully saturated rings. The second-order valence-electron chi connectivity index (χ2n) is 7.25. The van der Waals surface area contributed by atoms with Gasteiger partial charge in [0, 0.05) is 24.7 Å². The highest BCUT2D eigenvalue weighted by molar-refractivity contribution is 5.03. The van der Waals surface area contributed by atoms with E-state index in [-0.39, 0.29) is 6.04 Å². The Morgan fingerprint density at radius 3 is 2.53 bits per heavy atom. The minimum Gasteiger partial charge on any atom is -0.327 e. The van der Waals surface area contributed by atoms with Gasteiger partial charge in [-0.3, -0.25) is 4.68 Å². The number of aromatic nitrogens is 2. The average Bonchev–Trinajstić information content (AvgIpc) is 2.77. The summed E-state index contributed by atoms with van der Waals surface area (Å²) < 4.78 is 2.02. The Balaban J connectivity index is 1.88. The standard InChI is InChI=1S/C16H29N3/c1-12(2)19-10-7-14(18-19)11-15(17)13-5-8-16(3,4)9-6-13/h7,10,12-13,15H,5-6,8-9,11,17H2,1-4H3. The molecule has 1 atom stereocenters. The molecule has 1 saturated carbocycles. The summed E-state index contributed by atoms with van der Waals surface area (Å²) in [5.41, 5.74) is 8.07. The van der Waals surface area contributed by atoms with Crippen LogP contribution in [0.3, 0.4) is 0 Å². The molecule has 1 aromatic heterocycles. The van der Waals surface area contributed by atoms with Gasteiger partial charge in [-0.05, 0) is 56.9 Å². The zero-order chi connectivity index (χ0) is 14.0. The second-order valence-corrected chi connectivity index (χ2v) is 7.25. The maximum atomic E-state index is 6.41. The lowest BCUT2D eigenvalue weighted by atomic mass is 9.71. The van der Waals surface area contributed by atoms with Crippen molar-refractivity contribution in [2.24, 2.45) is 17.1 Å². The molecule has 2 N–H and O–H groups in total. The van der Waals surface area contributed by atoms with E-state index in [1.54, 1.807) is 0 Å². The quantitative estimate of drug-likeness (QED) is 0.902. The fourth-order valence-corrected chi connectivity index (χ4v) is 3.03. The van der Waals surface area contributed by atoms with Gasteiger partial charge in [0.25, 0.3) is 0 Å². The van der Waals surface area contributed by atoms with Crippen molar-refractivity contribution in [2.45, 2.75) is 71.9 Å². The van der Waals surface area contributed by atoms with Gasteiger partial charge in [0.2, 0.25) is 0 Å². The SMILES string of the molecule is CC(C)n1ccc(CC(N)C2CCC(C)(C)CC2)n1. The van der Waals surface area contributed by atoms with Crippen molar-refractivity contribution in [1.82, 2.24) is 9.78 Å². The molecule has 3 nitrogen and oxygen atoms in total. The molecule has 2 rings (SSSR count). The Hall–Kier alpha value is -0.830. The Labute approximate surface area is 117 Å². The van der Waals surface area contributed by atoms with E-state index < -0.39 is 0 Å². The Morgan fingerprint density at radius 2 is 2.00 bits per heavy atom. The van der Waals surface area contributed by atoms with Crippen LogP contribution in [0.4, 0.5) is 0 Å². The number of hydrogen-bond donors (Lipinski definition) is 1. The highest BCUT2D eigenvalue weighted by Crippen LogP contribution is 2.39. The van der Waals surface area contributed by atoms with Crippen molar-refractivity contribution < 1.29 is 0 Å². The molecule has 0 saturated heterocycles. The first-order valence-corrected chi connectivity index (χ1v) is 7.67. The fraction of sp³-hybridized carbons (Fsp3) is 0.812. The molecule has 0 bridgehead atoms. The zero-order valence-electron chi connectivity index (χ0n) is 12.9. The summed E-state index contributed by atoms with van der Waals surface area (Å²) in [4.78, 5) is 0. The first kappa shape index (κ1) is 14.6. The predicted molar refractivity (Wildman–Crippen MR) is 80.0 cm³/mol. The number of nitrogens with two attached hydrogens (primary N) is 1. The molecule has 0 radical (unpaired) electrons. The Morgan fingerprint density at radius 1 is 1.37 bits per heavy atom. The van der Waals surface area contributed by atoms with E-state index in [1.807, 2.05) is 4.68 Å². The third-order valence-corrected chi connectivity index (χ3v) is 4.63. The van der Waals surface area contributed by atoms with Crippen molar-refractivity contribution in [2.75, 3.05) is 0 Å². The molecule has 1 aliphatic rings. The molecule has 1 heterocycles. The third kappa shape index (κ3) is 3.82. The lowest BCUT2D eigenvalue weighted by molar-refractivity contribution is 0.172. The van der Waals surface area contributed by atoms with Gasteiger partial charge >= 0.3 is 0 Å². The fourth-order valence-electron chi connectivity index (χ4n) is 3.03. The molecular weight excluding hydrogens is 234 g/mol. The van der Waals surface area contributed by atoms with Crippen LogP contribution in [0.2, 0.25) is 0 Å². The van der Waals surface area contributed by atoms with Crippen LogP contribution in [0.15, 0.2) is 12.3 Å². The molecule has 0 spiro atoms. The Kier molecular flexibility index (Phi) is 4.34. The van der Waals surface area contributed by atoms with Gasteiger partial charge in [0.15, 0.2) is 0 Å². The molecule has 0 aliphatic heterocycles. The van der Waals surface area contributed by atoms with E-state index in [4.69, 9.17) is 5.73 Å². The molecule has 0 amide bonds. The van der Waals surface area contributed by atoms with Crippen LogP contribution in [-0.4, -0.2) is 15.8 Å². The molecule has 1 aromatic rings. The van der Waals surface area contributed by atoms with Gasteiger partial charge < -0.3 is 5.73 Å². The molecule has 1 unspecified atom stereocenters. The summed E-state index contributed by atoms with van der Waals surface area (Å²) in [6.07, 6.45) is 8.16. The summed E-state index contributed by atoms with van der Waals surface area (Å²) in [6, 6.07) is 2.82. The minimum absolute atomic E-state index is 0.270. The van der Waals surface area contributed by atoms with Gasteiger partial charge in [0.1, 0.15) is 0 Å². The predicted octanol–water partition coefficient (Wildman–Crippen LogP) is 3.55. The van der Waals surface area contributed by atoms with E-state index in [1.165, 1.54) is 25.7 Å². The van der Waals surface area contributed by atoms with Crippen LogP contribution in [0.5, 0.6) is 0 Å². The largest absolute Gasteiger partial charge is 0.327 e. The van der Waals surface area contributed by atoms with E-state index in [9.17, 15) is 0 Å². The summed E-state index contributed by atoms with van der Waals surface area (Å²) >= 11 is 0. The molecular formula is C16H29N3. The first-order valence-electron chi connectivity index (χ1n) is 7.67. The van der Waals surface area contributed by atoms with Crippen LogP contribution >= 0.6 is 0 Å². The molecule has 0 aromatic carbocycles. The van der Waals surface area contributed by atoms with Crippen molar-refractivity contribution in [3.05, 3.63) is 18.0 Å². The third-order valence-electron chi connectivity index (χ3n) is 4.63. The number of hydrogen-bond acceptors (Lipinski definition) is 2. The van der Waals surface area contributed by atoms with Crippen molar-refractivity contribution in [1.29, 1.82) is 0 Å². The second kappa shape index (κ2) is 5.66. The average molecular weight is 263 g/mol. The van der Waals surface area contributed by atoms with Gasteiger partial charge in [-0.15, -0.1) is 0 Å². The van der Waals surface area contributed by atoms with E-state index in [2.05, 4.69) is 45.1 Å². The summed E-state index contributed by atoms with van der Waals surface area (Å²) in [5, 5.41) is 4.61. The summed E-state index contributed by atoms with van der Waals surface area (Å²) in [7, 11) is 0. The highest BCUT2D eigenvalue weighted by atomic mass is 15.3. The van der Waals surface area contributed by atoms with Crippen LogP contribution < -0.4 is 5.73 Å². The van der Waals surface area contributed by atoms with E-state index >= 15 is 0 Å². The summed E-state index contributed by atoms with van der Waals surface area (Å²) in [6.45, 7) is 9.05. The smallest absolute Gasteiger partial charge is 0.0640 e. The number of nitrogens with zero attached hydrogens (tertiary/aromatic N) is 2. The van der Waals surface area contributed by atoms with Gasteiger partial charge in [0.05, 0.1) is 5.69 Å². The van der Waals surface area contributed by atoms with E-state index in [0.29, 0.717) is 17.4 Å². The maximum absolute atomic E-state index is 6.41. The van der Waals surface area contributed by atoms with Gasteiger partial charge in [-0.1, -0.05) is 13.8 Å². The molecule has 108 valence electrons. The number of rotatable bonds is 4. The van der Waals surface area contributed by atoms with Crippen molar-refractivity contribution in [3.63, 3.8) is 0 Å². The van der Waals surface area contributed by atoms with Crippen LogP contribution in [-0.2, 0) is 6.42 Å². The van der Waals surface area contributed by atoms with Crippen molar-refractivity contribution in [3.8, 4) is 0 Å². The Bertz CT molecular complexity index is 396. The maximum Gasteiger partial charge on any atom is 0.0640 e. The van der Waals surface area contributed by atoms with Gasteiger partial charge in [-0.2, -0.15) is 5.10 Å². The minimum atomic E-state index is 0.270. The molecule has 19 heavy (non-hydrogen) atoms.